The van der Waals surface area contributed by atoms with Crippen molar-refractivity contribution in [3.05, 3.63) is 28.8 Å². The first kappa shape index (κ1) is 10.8. The lowest BCUT2D eigenvalue weighted by Gasteiger charge is -2.18. The Balaban J connectivity index is 2.37. The average Bonchev–Trinajstić information content (AvgIpc) is 2.50. The van der Waals surface area contributed by atoms with Crippen LogP contribution in [0.1, 0.15) is 12.0 Å². The number of hydrogen-bond acceptors (Lipinski definition) is 2. The normalized spacial score (nSPS) is 21.1. The third-order valence-electron chi connectivity index (χ3n) is 2.57. The van der Waals surface area contributed by atoms with Gasteiger partial charge in [-0.15, -0.1) is 0 Å². The number of carbonyl (C=O) groups excluding carboxylic acids is 1. The minimum atomic E-state index is 0.125. The van der Waals surface area contributed by atoms with Crippen molar-refractivity contribution in [3.63, 3.8) is 0 Å². The minimum Gasteiger partial charge on any atom is -0.311 e. The van der Waals surface area contributed by atoms with Gasteiger partial charge in [-0.1, -0.05) is 17.7 Å². The number of nitrogens with zero attached hydrogens (tertiary/aromatic N) is 1. The van der Waals surface area contributed by atoms with Crippen LogP contribution in [0.4, 0.5) is 5.69 Å². The first-order chi connectivity index (χ1) is 7.08. The van der Waals surface area contributed by atoms with Crippen molar-refractivity contribution in [2.24, 2.45) is 0 Å². The van der Waals surface area contributed by atoms with Crippen LogP contribution in [-0.4, -0.2) is 17.7 Å². The number of carbonyl (C=O) groups is 1. The fourth-order valence-corrected chi connectivity index (χ4v) is 2.28. The maximum atomic E-state index is 11.7. The summed E-state index contributed by atoms with van der Waals surface area (Å²) >= 11 is 10.2. The molecule has 0 saturated carbocycles. The molecule has 2 rings (SSSR count). The average molecular weight is 242 g/mol. The third-order valence-corrected chi connectivity index (χ3v) is 3.15. The smallest absolute Gasteiger partial charge is 0.228 e. The van der Waals surface area contributed by atoms with Crippen molar-refractivity contribution in [2.45, 2.75) is 18.6 Å². The number of thiol groups is 1. The second-order valence-corrected chi connectivity index (χ2v) is 4.96. The van der Waals surface area contributed by atoms with Gasteiger partial charge in [0.2, 0.25) is 5.91 Å². The van der Waals surface area contributed by atoms with Crippen LogP contribution in [0.2, 0.25) is 5.02 Å². The summed E-state index contributed by atoms with van der Waals surface area (Å²) in [6.45, 7) is 2.65. The van der Waals surface area contributed by atoms with E-state index < -0.39 is 0 Å². The van der Waals surface area contributed by atoms with Gasteiger partial charge >= 0.3 is 0 Å². The largest absolute Gasteiger partial charge is 0.311 e. The van der Waals surface area contributed by atoms with E-state index in [1.807, 2.05) is 25.1 Å². The number of amides is 1. The van der Waals surface area contributed by atoms with Crippen molar-refractivity contribution >= 4 is 35.8 Å². The van der Waals surface area contributed by atoms with Gasteiger partial charge in [0.05, 0.1) is 0 Å². The Kier molecular flexibility index (Phi) is 2.94. The molecule has 1 aromatic rings. The molecule has 4 heteroatoms. The quantitative estimate of drug-likeness (QED) is 0.750. The van der Waals surface area contributed by atoms with Crippen LogP contribution in [0, 0.1) is 6.92 Å². The number of anilines is 1. The zero-order valence-corrected chi connectivity index (χ0v) is 10.1. The summed E-state index contributed by atoms with van der Waals surface area (Å²) in [7, 11) is 0. The Morgan fingerprint density at radius 3 is 2.87 bits per heavy atom. The predicted octanol–water partition coefficient (Wildman–Crippen LogP) is 2.68. The second-order valence-electron chi connectivity index (χ2n) is 3.79. The monoisotopic (exact) mass is 241 g/mol. The molecule has 1 fully saturated rings. The molecule has 0 spiro atoms. The summed E-state index contributed by atoms with van der Waals surface area (Å²) in [5, 5.41) is 0.793. The van der Waals surface area contributed by atoms with Crippen LogP contribution in [0.15, 0.2) is 18.2 Å². The summed E-state index contributed by atoms with van der Waals surface area (Å²) in [6.07, 6.45) is 0.509. The van der Waals surface area contributed by atoms with E-state index in [2.05, 4.69) is 12.6 Å². The Morgan fingerprint density at radius 2 is 2.27 bits per heavy atom. The molecule has 0 N–H and O–H groups in total. The number of hydrogen-bond donors (Lipinski definition) is 1. The molecule has 1 aromatic carbocycles. The molecule has 0 aliphatic carbocycles. The van der Waals surface area contributed by atoms with Gasteiger partial charge in [0.1, 0.15) is 0 Å². The molecule has 15 heavy (non-hydrogen) atoms. The number of aryl methyl sites for hydroxylation is 1. The summed E-state index contributed by atoms with van der Waals surface area (Å²) in [6, 6.07) is 5.59. The molecular weight excluding hydrogens is 230 g/mol. The van der Waals surface area contributed by atoms with Crippen molar-refractivity contribution < 1.29 is 4.79 Å². The number of benzene rings is 1. The van der Waals surface area contributed by atoms with Gasteiger partial charge in [0.15, 0.2) is 0 Å². The predicted molar refractivity (Wildman–Crippen MR) is 65.9 cm³/mol. The van der Waals surface area contributed by atoms with Gasteiger partial charge in [0, 0.05) is 28.9 Å². The standard InChI is InChI=1S/C11H12ClNOS/c1-7-2-3-8(12)4-10(7)13-6-9(15)5-11(13)14/h2-4,9,15H,5-6H2,1H3. The molecule has 0 bridgehead atoms. The molecule has 1 amide bonds. The van der Waals surface area contributed by atoms with Crippen molar-refractivity contribution in [1.82, 2.24) is 0 Å². The molecule has 80 valence electrons. The molecule has 1 aliphatic heterocycles. The van der Waals surface area contributed by atoms with Crippen molar-refractivity contribution in [3.8, 4) is 0 Å². The van der Waals surface area contributed by atoms with Crippen LogP contribution >= 0.6 is 24.2 Å². The van der Waals surface area contributed by atoms with Crippen LogP contribution < -0.4 is 4.90 Å². The summed E-state index contributed by atoms with van der Waals surface area (Å²) < 4.78 is 0. The number of halogens is 1. The Morgan fingerprint density at radius 1 is 1.53 bits per heavy atom. The highest BCUT2D eigenvalue weighted by Crippen LogP contribution is 2.29. The fraction of sp³-hybridized carbons (Fsp3) is 0.364. The van der Waals surface area contributed by atoms with Gasteiger partial charge in [-0.3, -0.25) is 4.79 Å². The van der Waals surface area contributed by atoms with Gasteiger partial charge in [-0.05, 0) is 24.6 Å². The highest BCUT2D eigenvalue weighted by atomic mass is 35.5. The van der Waals surface area contributed by atoms with E-state index in [0.29, 0.717) is 18.0 Å². The van der Waals surface area contributed by atoms with Gasteiger partial charge in [0.25, 0.3) is 0 Å². The van der Waals surface area contributed by atoms with E-state index in [9.17, 15) is 4.79 Å². The zero-order chi connectivity index (χ0) is 11.0. The lowest BCUT2D eigenvalue weighted by molar-refractivity contribution is -0.117. The van der Waals surface area contributed by atoms with Gasteiger partial charge in [-0.25, -0.2) is 0 Å². The van der Waals surface area contributed by atoms with Crippen molar-refractivity contribution in [1.29, 1.82) is 0 Å². The Hall–Kier alpha value is -0.670. The maximum Gasteiger partial charge on any atom is 0.228 e. The highest BCUT2D eigenvalue weighted by Gasteiger charge is 2.29. The van der Waals surface area contributed by atoms with E-state index in [-0.39, 0.29) is 11.2 Å². The second kappa shape index (κ2) is 4.06. The summed E-state index contributed by atoms with van der Waals surface area (Å²) in [4.78, 5) is 13.4. The maximum absolute atomic E-state index is 11.7. The van der Waals surface area contributed by atoms with E-state index in [4.69, 9.17) is 11.6 Å². The molecule has 0 radical (unpaired) electrons. The molecule has 1 heterocycles. The summed E-state index contributed by atoms with van der Waals surface area (Å²) in [5.74, 6) is 0.125. The van der Waals surface area contributed by atoms with Gasteiger partial charge in [-0.2, -0.15) is 12.6 Å². The number of rotatable bonds is 1. The molecule has 1 saturated heterocycles. The van der Waals surface area contributed by atoms with Crippen LogP contribution in [0.5, 0.6) is 0 Å². The van der Waals surface area contributed by atoms with Crippen LogP contribution in [0.25, 0.3) is 0 Å². The highest BCUT2D eigenvalue weighted by molar-refractivity contribution is 7.81. The zero-order valence-electron chi connectivity index (χ0n) is 8.40. The molecule has 1 aliphatic rings. The SMILES string of the molecule is Cc1ccc(Cl)cc1N1CC(S)CC1=O. The van der Waals surface area contributed by atoms with Crippen LogP contribution in [0.3, 0.4) is 0 Å². The minimum absolute atomic E-state index is 0.125. The van der Waals surface area contributed by atoms with Crippen LogP contribution in [-0.2, 0) is 4.79 Å². The van der Waals surface area contributed by atoms with Gasteiger partial charge < -0.3 is 4.90 Å². The molecule has 1 atom stereocenters. The molecule has 1 unspecified atom stereocenters. The molecular formula is C11H12ClNOS. The Labute approximate surface area is 99.6 Å². The lowest BCUT2D eigenvalue weighted by Crippen LogP contribution is -2.25. The van der Waals surface area contributed by atoms with E-state index in [1.54, 1.807) is 4.90 Å². The Bertz CT molecular complexity index is 408. The lowest BCUT2D eigenvalue weighted by atomic mass is 10.2. The topological polar surface area (TPSA) is 20.3 Å². The molecule has 0 aromatic heterocycles. The summed E-state index contributed by atoms with van der Waals surface area (Å²) in [5.41, 5.74) is 1.97. The molecule has 2 nitrogen and oxygen atoms in total. The van der Waals surface area contributed by atoms with E-state index >= 15 is 0 Å². The fourth-order valence-electron chi connectivity index (χ4n) is 1.79. The van der Waals surface area contributed by atoms with E-state index in [1.165, 1.54) is 0 Å². The van der Waals surface area contributed by atoms with Crippen molar-refractivity contribution in [2.75, 3.05) is 11.4 Å². The first-order valence-corrected chi connectivity index (χ1v) is 5.72. The third kappa shape index (κ3) is 2.13. The van der Waals surface area contributed by atoms with E-state index in [0.717, 1.165) is 11.3 Å². The first-order valence-electron chi connectivity index (χ1n) is 4.82.